The summed E-state index contributed by atoms with van der Waals surface area (Å²) in [6.07, 6.45) is -2.73. The number of hydrogen-bond acceptors (Lipinski definition) is 7. The number of primary amides is 1. The Labute approximate surface area is 236 Å². The molecule has 1 heterocycles. The Bertz CT molecular complexity index is 1120. The van der Waals surface area contributed by atoms with Crippen molar-refractivity contribution in [2.24, 2.45) is 5.73 Å². The summed E-state index contributed by atoms with van der Waals surface area (Å²) < 4.78 is 30.9. The lowest BCUT2D eigenvalue weighted by Crippen LogP contribution is -2.61. The van der Waals surface area contributed by atoms with Crippen LogP contribution in [0.15, 0.2) is 91.0 Å². The van der Waals surface area contributed by atoms with Gasteiger partial charge in [0.15, 0.2) is 0 Å². The van der Waals surface area contributed by atoms with Crippen LogP contribution in [-0.2, 0) is 48.3 Å². The second-order valence-electron chi connectivity index (χ2n) is 9.87. The van der Waals surface area contributed by atoms with Crippen molar-refractivity contribution in [1.82, 2.24) is 0 Å². The van der Waals surface area contributed by atoms with Crippen LogP contribution >= 0.6 is 0 Å². The van der Waals surface area contributed by atoms with Gasteiger partial charge in [-0.2, -0.15) is 0 Å². The molecule has 1 aliphatic heterocycles. The number of carbonyl (C=O) groups excluding carboxylic acids is 1. The summed E-state index contributed by atoms with van der Waals surface area (Å²) >= 11 is 0. The Morgan fingerprint density at radius 1 is 0.700 bits per heavy atom. The first kappa shape index (κ1) is 29.9. The maximum atomic E-state index is 11.5. The lowest BCUT2D eigenvalue weighted by molar-refractivity contribution is -0.268. The van der Waals surface area contributed by atoms with Crippen LogP contribution in [0.2, 0.25) is 0 Å². The Hall–Kier alpha value is -3.11. The molecule has 0 bridgehead atoms. The Morgan fingerprint density at radius 3 is 1.75 bits per heavy atom. The van der Waals surface area contributed by atoms with Gasteiger partial charge in [-0.3, -0.25) is 4.79 Å². The van der Waals surface area contributed by atoms with Crippen LogP contribution in [0, 0.1) is 0 Å². The molecule has 40 heavy (non-hydrogen) atoms. The minimum Gasteiger partial charge on any atom is -0.387 e. The van der Waals surface area contributed by atoms with E-state index in [1.165, 1.54) is 0 Å². The molecule has 1 amide bonds. The Balaban J connectivity index is 1.48. The van der Waals surface area contributed by atoms with E-state index in [2.05, 4.69) is 0 Å². The highest BCUT2D eigenvalue weighted by atomic mass is 16.6. The van der Waals surface area contributed by atoms with Crippen molar-refractivity contribution >= 4 is 5.91 Å². The van der Waals surface area contributed by atoms with E-state index in [0.29, 0.717) is 32.8 Å². The quantitative estimate of drug-likeness (QED) is 0.262. The van der Waals surface area contributed by atoms with Gasteiger partial charge in [0.05, 0.1) is 33.0 Å². The van der Waals surface area contributed by atoms with Gasteiger partial charge in [0, 0.05) is 13.0 Å². The lowest BCUT2D eigenvalue weighted by Gasteiger charge is -2.44. The van der Waals surface area contributed by atoms with E-state index in [1.807, 2.05) is 91.0 Å². The molecule has 1 aliphatic rings. The van der Waals surface area contributed by atoms with Crippen molar-refractivity contribution in [3.05, 3.63) is 108 Å². The van der Waals surface area contributed by atoms with Gasteiger partial charge in [-0.05, 0) is 23.1 Å². The molecular weight excluding hydrogens is 510 g/mol. The number of ether oxygens (including phenoxy) is 5. The molecule has 1 fully saturated rings. The lowest BCUT2D eigenvalue weighted by atomic mass is 9.94. The fraction of sp³-hybridized carbons (Fsp3) is 0.406. The number of amides is 1. The maximum absolute atomic E-state index is 11.5. The molecule has 3 N–H and O–H groups in total. The van der Waals surface area contributed by atoms with Crippen LogP contribution in [0.25, 0.3) is 0 Å². The largest absolute Gasteiger partial charge is 0.387 e. The third-order valence-electron chi connectivity index (χ3n) is 6.72. The first-order chi connectivity index (χ1) is 19.6. The SMILES string of the molecule is NC(=O)CCCOC[C@@H]1O[C@H](COCc2ccccc2)C(O)[C@H](OCc2ccccc2)[C@H]1OCc1ccccc1. The summed E-state index contributed by atoms with van der Waals surface area (Å²) in [5.74, 6) is -0.366. The average molecular weight is 550 g/mol. The Morgan fingerprint density at radius 2 is 1.20 bits per heavy atom. The molecule has 1 unspecified atom stereocenters. The molecule has 214 valence electrons. The molecule has 0 saturated carbocycles. The highest BCUT2D eigenvalue weighted by Crippen LogP contribution is 2.29. The zero-order valence-corrected chi connectivity index (χ0v) is 22.7. The van der Waals surface area contributed by atoms with Gasteiger partial charge in [-0.1, -0.05) is 91.0 Å². The van der Waals surface area contributed by atoms with Crippen molar-refractivity contribution in [3.63, 3.8) is 0 Å². The molecule has 0 radical (unpaired) electrons. The third kappa shape index (κ3) is 9.52. The van der Waals surface area contributed by atoms with Crippen LogP contribution in [-0.4, -0.2) is 61.4 Å². The molecular formula is C32H39NO7. The third-order valence-corrected chi connectivity index (χ3v) is 6.72. The summed E-state index contributed by atoms with van der Waals surface area (Å²) in [7, 11) is 0. The van der Waals surface area contributed by atoms with Gasteiger partial charge < -0.3 is 34.5 Å². The molecule has 0 aromatic heterocycles. The van der Waals surface area contributed by atoms with Gasteiger partial charge >= 0.3 is 0 Å². The van der Waals surface area contributed by atoms with Crippen molar-refractivity contribution < 1.29 is 33.6 Å². The number of carbonyl (C=O) groups is 1. The molecule has 8 heteroatoms. The zero-order valence-electron chi connectivity index (χ0n) is 22.7. The number of benzene rings is 3. The second-order valence-corrected chi connectivity index (χ2v) is 9.87. The number of rotatable bonds is 16. The van der Waals surface area contributed by atoms with E-state index in [1.54, 1.807) is 0 Å². The monoisotopic (exact) mass is 549 g/mol. The highest BCUT2D eigenvalue weighted by Gasteiger charge is 2.47. The normalized spacial score (nSPS) is 22.7. The Kier molecular flexibility index (Phi) is 12.1. The van der Waals surface area contributed by atoms with E-state index < -0.39 is 30.5 Å². The summed E-state index contributed by atoms with van der Waals surface area (Å²) in [5, 5.41) is 11.5. The van der Waals surface area contributed by atoms with E-state index in [4.69, 9.17) is 29.4 Å². The van der Waals surface area contributed by atoms with Gasteiger partial charge in [-0.25, -0.2) is 0 Å². The molecule has 3 aromatic rings. The van der Waals surface area contributed by atoms with Crippen molar-refractivity contribution in [2.45, 2.75) is 63.2 Å². The van der Waals surface area contributed by atoms with Crippen LogP contribution in [0.1, 0.15) is 29.5 Å². The van der Waals surface area contributed by atoms with E-state index in [-0.39, 0.29) is 25.5 Å². The molecule has 1 saturated heterocycles. The standard InChI is InChI=1S/C32H39NO7/c33-29(34)17-10-18-36-23-28-31(38-20-25-13-6-2-7-14-25)32(39-21-26-15-8-3-9-16-26)30(35)27(40-28)22-37-19-24-11-4-1-5-12-24/h1-9,11-16,27-28,30-32,35H,10,17-23H2,(H2,33,34)/t27-,28+,30?,31+,32+/m1/s1. The smallest absolute Gasteiger partial charge is 0.217 e. The summed E-state index contributed by atoms with van der Waals surface area (Å²) in [6.45, 7) is 1.74. The predicted octanol–water partition coefficient (Wildman–Crippen LogP) is 3.78. The minimum atomic E-state index is -0.994. The van der Waals surface area contributed by atoms with Crippen LogP contribution < -0.4 is 5.73 Å². The minimum absolute atomic E-state index is 0.171. The number of nitrogens with two attached hydrogens (primary N) is 1. The van der Waals surface area contributed by atoms with Crippen LogP contribution in [0.5, 0.6) is 0 Å². The van der Waals surface area contributed by atoms with Crippen molar-refractivity contribution in [2.75, 3.05) is 19.8 Å². The first-order valence-electron chi connectivity index (χ1n) is 13.7. The fourth-order valence-corrected chi connectivity index (χ4v) is 4.62. The van der Waals surface area contributed by atoms with Crippen molar-refractivity contribution in [1.29, 1.82) is 0 Å². The molecule has 0 aliphatic carbocycles. The number of hydrogen-bond donors (Lipinski definition) is 2. The van der Waals surface area contributed by atoms with E-state index >= 15 is 0 Å². The van der Waals surface area contributed by atoms with E-state index in [0.717, 1.165) is 16.7 Å². The summed E-state index contributed by atoms with van der Waals surface area (Å²) in [5.41, 5.74) is 8.27. The van der Waals surface area contributed by atoms with Crippen molar-refractivity contribution in [3.8, 4) is 0 Å². The average Bonchev–Trinajstić information content (AvgIpc) is 2.98. The zero-order chi connectivity index (χ0) is 28.0. The summed E-state index contributed by atoms with van der Waals surface area (Å²) in [6, 6.07) is 29.5. The molecule has 8 nitrogen and oxygen atoms in total. The molecule has 5 atom stereocenters. The topological polar surface area (TPSA) is 109 Å². The van der Waals surface area contributed by atoms with E-state index in [9.17, 15) is 9.90 Å². The van der Waals surface area contributed by atoms with Crippen LogP contribution in [0.4, 0.5) is 0 Å². The maximum Gasteiger partial charge on any atom is 0.217 e. The second kappa shape index (κ2) is 16.2. The summed E-state index contributed by atoms with van der Waals surface area (Å²) in [4.78, 5) is 11.1. The van der Waals surface area contributed by atoms with Crippen LogP contribution in [0.3, 0.4) is 0 Å². The van der Waals surface area contributed by atoms with Gasteiger partial charge in [0.1, 0.15) is 30.5 Å². The predicted molar refractivity (Wildman–Crippen MR) is 150 cm³/mol. The van der Waals surface area contributed by atoms with Gasteiger partial charge in [0.25, 0.3) is 0 Å². The highest BCUT2D eigenvalue weighted by molar-refractivity contribution is 5.73. The molecule has 0 spiro atoms. The fourth-order valence-electron chi connectivity index (χ4n) is 4.62. The molecule has 4 rings (SSSR count). The van der Waals surface area contributed by atoms with Gasteiger partial charge in [-0.15, -0.1) is 0 Å². The molecule has 3 aromatic carbocycles. The van der Waals surface area contributed by atoms with Gasteiger partial charge in [0.2, 0.25) is 5.91 Å². The first-order valence-corrected chi connectivity index (χ1v) is 13.7. The number of aliphatic hydroxyl groups is 1. The number of aliphatic hydroxyl groups excluding tert-OH is 1.